The van der Waals surface area contributed by atoms with E-state index in [1.165, 1.54) is 0 Å². The van der Waals surface area contributed by atoms with E-state index in [2.05, 4.69) is 10.6 Å². The van der Waals surface area contributed by atoms with Gasteiger partial charge in [0.05, 0.1) is 5.75 Å². The molecule has 0 aromatic heterocycles. The van der Waals surface area contributed by atoms with Gasteiger partial charge in [-0.05, 0) is 55.4 Å². The van der Waals surface area contributed by atoms with Gasteiger partial charge in [-0.3, -0.25) is 4.79 Å². The maximum absolute atomic E-state index is 12.3. The van der Waals surface area contributed by atoms with Gasteiger partial charge in [0.2, 0.25) is 5.91 Å². The van der Waals surface area contributed by atoms with Gasteiger partial charge >= 0.3 is 0 Å². The van der Waals surface area contributed by atoms with Crippen LogP contribution in [0.2, 0.25) is 0 Å². The van der Waals surface area contributed by atoms with Crippen LogP contribution in [0, 0.1) is 11.8 Å². The molecule has 1 aliphatic heterocycles. The summed E-state index contributed by atoms with van der Waals surface area (Å²) < 4.78 is 30.2. The molecule has 2 aromatic carbocycles. The van der Waals surface area contributed by atoms with E-state index in [0.717, 1.165) is 13.1 Å². The third kappa shape index (κ3) is 5.04. The number of sulfone groups is 1. The highest BCUT2D eigenvalue weighted by Crippen LogP contribution is 2.30. The fraction of sp³-hybridized carbons (Fsp3) is 0.350. The first kappa shape index (κ1) is 22.2. The van der Waals surface area contributed by atoms with Crippen molar-refractivity contribution in [2.45, 2.75) is 18.7 Å². The third-order valence-electron chi connectivity index (χ3n) is 4.85. The van der Waals surface area contributed by atoms with Crippen molar-refractivity contribution in [1.82, 2.24) is 5.32 Å². The molecular weight excluding hydrogens is 400 g/mol. The van der Waals surface area contributed by atoms with E-state index in [1.54, 1.807) is 55.5 Å². The van der Waals surface area contributed by atoms with Gasteiger partial charge in [0.1, 0.15) is 16.4 Å². The molecule has 2 N–H and O–H groups in total. The minimum Gasteiger partial charge on any atom is -0.456 e. The molecule has 8 heteroatoms. The summed E-state index contributed by atoms with van der Waals surface area (Å²) in [5.41, 5.74) is 0.681. The van der Waals surface area contributed by atoms with Crippen molar-refractivity contribution >= 4 is 33.8 Å². The number of carbonyl (C=O) groups is 1. The van der Waals surface area contributed by atoms with E-state index in [4.69, 9.17) is 4.74 Å². The van der Waals surface area contributed by atoms with Gasteiger partial charge < -0.3 is 15.4 Å². The molecule has 1 amide bonds. The molecular formula is C20H25ClN2O4S. The van der Waals surface area contributed by atoms with E-state index in [9.17, 15) is 13.2 Å². The fourth-order valence-corrected chi connectivity index (χ4v) is 3.83. The molecule has 0 radical (unpaired) electrons. The molecule has 152 valence electrons. The van der Waals surface area contributed by atoms with Gasteiger partial charge in [-0.2, -0.15) is 0 Å². The van der Waals surface area contributed by atoms with Crippen LogP contribution in [0.1, 0.15) is 13.8 Å². The molecule has 1 saturated heterocycles. The van der Waals surface area contributed by atoms with Gasteiger partial charge in [-0.1, -0.05) is 26.0 Å². The Hall–Kier alpha value is -2.09. The Bertz CT molecular complexity index is 912. The largest absolute Gasteiger partial charge is 0.456 e. The Morgan fingerprint density at radius 3 is 2.39 bits per heavy atom. The number of amides is 1. The lowest BCUT2D eigenvalue weighted by molar-refractivity contribution is -0.121. The van der Waals surface area contributed by atoms with Crippen LogP contribution >= 0.6 is 12.4 Å². The molecule has 1 heterocycles. The monoisotopic (exact) mass is 424 g/mol. The summed E-state index contributed by atoms with van der Waals surface area (Å²) in [7, 11) is -3.37. The number of anilines is 1. The highest BCUT2D eigenvalue weighted by Gasteiger charge is 2.28. The van der Waals surface area contributed by atoms with Crippen molar-refractivity contribution in [1.29, 1.82) is 0 Å². The van der Waals surface area contributed by atoms with Crippen LogP contribution in [0.15, 0.2) is 53.4 Å². The van der Waals surface area contributed by atoms with E-state index in [0.29, 0.717) is 23.1 Å². The molecule has 0 spiro atoms. The third-order valence-corrected chi connectivity index (χ3v) is 6.62. The van der Waals surface area contributed by atoms with Crippen LogP contribution in [0.25, 0.3) is 0 Å². The van der Waals surface area contributed by atoms with Crippen molar-refractivity contribution in [3.05, 3.63) is 48.5 Å². The summed E-state index contributed by atoms with van der Waals surface area (Å²) in [5, 5.41) is 6.08. The molecule has 1 atom stereocenters. The SMILES string of the molecule is CCS(=O)(=O)c1ccccc1Oc1ccc(NC(=O)C(C)C2CNC2)cc1.Cl. The lowest BCUT2D eigenvalue weighted by Crippen LogP contribution is -2.48. The molecule has 0 saturated carbocycles. The van der Waals surface area contributed by atoms with E-state index in [1.807, 2.05) is 6.92 Å². The van der Waals surface area contributed by atoms with Crippen molar-refractivity contribution in [3.63, 3.8) is 0 Å². The molecule has 3 rings (SSSR count). The average Bonchev–Trinajstić information content (AvgIpc) is 2.62. The summed E-state index contributed by atoms with van der Waals surface area (Å²) in [6, 6.07) is 13.5. The maximum atomic E-state index is 12.3. The lowest BCUT2D eigenvalue weighted by Gasteiger charge is -2.31. The number of halogens is 1. The second-order valence-electron chi connectivity index (χ2n) is 6.67. The second kappa shape index (κ2) is 9.41. The fourth-order valence-electron chi connectivity index (χ4n) is 2.81. The highest BCUT2D eigenvalue weighted by atomic mass is 35.5. The summed E-state index contributed by atoms with van der Waals surface area (Å²) in [6.45, 7) is 5.29. The maximum Gasteiger partial charge on any atom is 0.227 e. The van der Waals surface area contributed by atoms with Crippen LogP contribution in [0.4, 0.5) is 5.69 Å². The number of hydrogen-bond acceptors (Lipinski definition) is 5. The van der Waals surface area contributed by atoms with Crippen LogP contribution in [-0.4, -0.2) is 33.2 Å². The first-order valence-electron chi connectivity index (χ1n) is 9.02. The Labute approximate surface area is 172 Å². The standard InChI is InChI=1S/C20H24N2O4S.ClH/c1-3-27(24,25)19-7-5-4-6-18(19)26-17-10-8-16(9-11-17)22-20(23)14(2)15-12-21-13-15;/h4-11,14-15,21H,3,12-13H2,1-2H3,(H,22,23);1H. The zero-order valence-electron chi connectivity index (χ0n) is 15.8. The van der Waals surface area contributed by atoms with Gasteiger partial charge in [-0.25, -0.2) is 8.42 Å². The zero-order valence-corrected chi connectivity index (χ0v) is 17.5. The van der Waals surface area contributed by atoms with Crippen molar-refractivity contribution in [2.24, 2.45) is 11.8 Å². The number of para-hydroxylation sites is 1. The molecule has 1 aliphatic rings. The Balaban J connectivity index is 0.00000280. The molecule has 1 fully saturated rings. The quantitative estimate of drug-likeness (QED) is 0.710. The summed E-state index contributed by atoms with van der Waals surface area (Å²) in [6.07, 6.45) is 0. The first-order chi connectivity index (χ1) is 12.9. The van der Waals surface area contributed by atoms with Gasteiger partial charge in [0, 0.05) is 11.6 Å². The molecule has 0 bridgehead atoms. The van der Waals surface area contributed by atoms with Crippen molar-refractivity contribution < 1.29 is 17.9 Å². The molecule has 28 heavy (non-hydrogen) atoms. The number of carbonyl (C=O) groups excluding carboxylic acids is 1. The summed E-state index contributed by atoms with van der Waals surface area (Å²) >= 11 is 0. The number of ether oxygens (including phenoxy) is 1. The number of nitrogens with one attached hydrogen (secondary N) is 2. The Morgan fingerprint density at radius 2 is 1.82 bits per heavy atom. The minimum absolute atomic E-state index is 0. The summed E-state index contributed by atoms with van der Waals surface area (Å²) in [4.78, 5) is 12.4. The minimum atomic E-state index is -3.37. The number of rotatable bonds is 7. The topological polar surface area (TPSA) is 84.5 Å². The first-order valence-corrected chi connectivity index (χ1v) is 10.7. The Kier molecular flexibility index (Phi) is 7.46. The van der Waals surface area contributed by atoms with Gasteiger partial charge in [0.15, 0.2) is 9.84 Å². The van der Waals surface area contributed by atoms with Crippen molar-refractivity contribution in [2.75, 3.05) is 24.2 Å². The van der Waals surface area contributed by atoms with Gasteiger partial charge in [0.25, 0.3) is 0 Å². The van der Waals surface area contributed by atoms with Crippen molar-refractivity contribution in [3.8, 4) is 11.5 Å². The lowest BCUT2D eigenvalue weighted by atomic mass is 9.88. The second-order valence-corrected chi connectivity index (χ2v) is 8.92. The normalized spacial score (nSPS) is 15.1. The van der Waals surface area contributed by atoms with Crippen LogP contribution < -0.4 is 15.4 Å². The Morgan fingerprint density at radius 1 is 1.18 bits per heavy atom. The number of hydrogen-bond donors (Lipinski definition) is 2. The van der Waals surface area contributed by atoms with Crippen LogP contribution in [-0.2, 0) is 14.6 Å². The predicted octanol–water partition coefficient (Wildman–Crippen LogP) is 3.49. The number of benzene rings is 2. The predicted molar refractivity (Wildman–Crippen MR) is 112 cm³/mol. The summed E-state index contributed by atoms with van der Waals surface area (Å²) in [5.74, 6) is 1.13. The average molecular weight is 425 g/mol. The van der Waals surface area contributed by atoms with Crippen LogP contribution in [0.5, 0.6) is 11.5 Å². The highest BCUT2D eigenvalue weighted by molar-refractivity contribution is 7.91. The van der Waals surface area contributed by atoms with E-state index >= 15 is 0 Å². The molecule has 2 aromatic rings. The zero-order chi connectivity index (χ0) is 19.4. The van der Waals surface area contributed by atoms with E-state index in [-0.39, 0.29) is 34.9 Å². The smallest absolute Gasteiger partial charge is 0.227 e. The molecule has 6 nitrogen and oxygen atoms in total. The van der Waals surface area contributed by atoms with Crippen LogP contribution in [0.3, 0.4) is 0 Å². The molecule has 1 unspecified atom stereocenters. The van der Waals surface area contributed by atoms with Gasteiger partial charge in [-0.15, -0.1) is 12.4 Å². The molecule has 0 aliphatic carbocycles. The van der Waals surface area contributed by atoms with E-state index < -0.39 is 9.84 Å².